The number of aryl methyl sites for hydroxylation is 2. The number of hydrogen-bond donors (Lipinski definition) is 2. The van der Waals surface area contributed by atoms with E-state index in [0.29, 0.717) is 28.0 Å². The van der Waals surface area contributed by atoms with Crippen LogP contribution in [-0.2, 0) is 0 Å². The van der Waals surface area contributed by atoms with Crippen molar-refractivity contribution in [2.24, 2.45) is 0 Å². The number of carbonyl (C=O) groups excluding carboxylic acids is 1. The van der Waals surface area contributed by atoms with Gasteiger partial charge >= 0.3 is 0 Å². The van der Waals surface area contributed by atoms with Crippen molar-refractivity contribution < 1.29 is 4.79 Å². The van der Waals surface area contributed by atoms with E-state index in [1.165, 1.54) is 0 Å². The van der Waals surface area contributed by atoms with Crippen molar-refractivity contribution in [3.8, 4) is 0 Å². The van der Waals surface area contributed by atoms with Gasteiger partial charge in [-0.2, -0.15) is 0 Å². The largest absolute Gasteiger partial charge is 0.365 e. The van der Waals surface area contributed by atoms with Gasteiger partial charge in [0, 0.05) is 22.3 Å². The Labute approximate surface area is 141 Å². The smallest absolute Gasteiger partial charge is 0.274 e. The maximum Gasteiger partial charge on any atom is 0.274 e. The second-order valence-corrected chi connectivity index (χ2v) is 6.89. The van der Waals surface area contributed by atoms with E-state index in [2.05, 4.69) is 20.6 Å². The molecule has 0 atom stereocenters. The fraction of sp³-hybridized carbons (Fsp3) is 0.353. The number of amides is 1. The van der Waals surface area contributed by atoms with Gasteiger partial charge in [-0.1, -0.05) is 17.7 Å². The summed E-state index contributed by atoms with van der Waals surface area (Å²) in [7, 11) is 0. The van der Waals surface area contributed by atoms with Crippen LogP contribution in [0.15, 0.2) is 24.3 Å². The van der Waals surface area contributed by atoms with Crippen LogP contribution in [0.1, 0.15) is 42.6 Å². The molecule has 5 nitrogen and oxygen atoms in total. The van der Waals surface area contributed by atoms with Crippen molar-refractivity contribution in [2.75, 3.05) is 10.6 Å². The van der Waals surface area contributed by atoms with E-state index in [0.717, 1.165) is 5.56 Å². The quantitative estimate of drug-likeness (QED) is 0.883. The number of anilines is 2. The van der Waals surface area contributed by atoms with E-state index < -0.39 is 0 Å². The zero-order valence-electron chi connectivity index (χ0n) is 14.0. The zero-order chi connectivity index (χ0) is 17.2. The second-order valence-electron chi connectivity index (χ2n) is 6.48. The SMILES string of the molecule is Cc1nc(NC(C)(C)C)cc(C(=O)Nc2ccc(C)c(Cl)c2)n1. The summed E-state index contributed by atoms with van der Waals surface area (Å²) in [5.74, 6) is 0.857. The van der Waals surface area contributed by atoms with E-state index in [-0.39, 0.29) is 11.4 Å². The minimum Gasteiger partial charge on any atom is -0.365 e. The highest BCUT2D eigenvalue weighted by molar-refractivity contribution is 6.31. The number of benzene rings is 1. The molecule has 0 bridgehead atoms. The van der Waals surface area contributed by atoms with Gasteiger partial charge in [0.1, 0.15) is 17.3 Å². The predicted octanol–water partition coefficient (Wildman–Crippen LogP) is 4.21. The van der Waals surface area contributed by atoms with Crippen molar-refractivity contribution in [3.63, 3.8) is 0 Å². The highest BCUT2D eigenvalue weighted by atomic mass is 35.5. The molecule has 0 saturated carbocycles. The minimum atomic E-state index is -0.299. The van der Waals surface area contributed by atoms with Crippen LogP contribution in [0.5, 0.6) is 0 Å². The van der Waals surface area contributed by atoms with Gasteiger partial charge in [-0.3, -0.25) is 4.79 Å². The topological polar surface area (TPSA) is 66.9 Å². The highest BCUT2D eigenvalue weighted by Crippen LogP contribution is 2.21. The van der Waals surface area contributed by atoms with Crippen molar-refractivity contribution in [3.05, 3.63) is 46.4 Å². The average Bonchev–Trinajstić information content (AvgIpc) is 2.40. The molecule has 2 N–H and O–H groups in total. The second kappa shape index (κ2) is 6.54. The molecule has 0 spiro atoms. The molecule has 1 aromatic heterocycles. The van der Waals surface area contributed by atoms with Crippen molar-refractivity contribution >= 4 is 29.0 Å². The van der Waals surface area contributed by atoms with Crippen molar-refractivity contribution in [1.29, 1.82) is 0 Å². The predicted molar refractivity (Wildman–Crippen MR) is 94.3 cm³/mol. The Morgan fingerprint density at radius 1 is 1.13 bits per heavy atom. The summed E-state index contributed by atoms with van der Waals surface area (Å²) in [6.45, 7) is 9.75. The first-order valence-corrected chi connectivity index (χ1v) is 7.73. The number of hydrogen-bond acceptors (Lipinski definition) is 4. The van der Waals surface area contributed by atoms with Crippen LogP contribution in [-0.4, -0.2) is 21.4 Å². The minimum absolute atomic E-state index is 0.154. The lowest BCUT2D eigenvalue weighted by Crippen LogP contribution is -2.27. The summed E-state index contributed by atoms with van der Waals surface area (Å²) in [6, 6.07) is 7.03. The molecule has 0 unspecified atom stereocenters. The summed E-state index contributed by atoms with van der Waals surface area (Å²) in [5, 5.41) is 6.66. The fourth-order valence-electron chi connectivity index (χ4n) is 2.00. The zero-order valence-corrected chi connectivity index (χ0v) is 14.7. The van der Waals surface area contributed by atoms with Gasteiger partial charge in [-0.05, 0) is 52.3 Å². The average molecular weight is 333 g/mol. The molecular weight excluding hydrogens is 312 g/mol. The lowest BCUT2D eigenvalue weighted by molar-refractivity contribution is 0.102. The molecule has 2 aromatic rings. The van der Waals surface area contributed by atoms with E-state index in [9.17, 15) is 4.79 Å². The van der Waals surface area contributed by atoms with E-state index in [4.69, 9.17) is 11.6 Å². The molecule has 122 valence electrons. The maximum absolute atomic E-state index is 12.4. The maximum atomic E-state index is 12.4. The molecule has 0 aliphatic carbocycles. The highest BCUT2D eigenvalue weighted by Gasteiger charge is 2.15. The van der Waals surface area contributed by atoms with Gasteiger partial charge in [0.2, 0.25) is 0 Å². The number of rotatable bonds is 3. The van der Waals surface area contributed by atoms with Crippen molar-refractivity contribution in [1.82, 2.24) is 9.97 Å². The molecular formula is C17H21ClN4O. The van der Waals surface area contributed by atoms with Crippen LogP contribution in [0.2, 0.25) is 5.02 Å². The third-order valence-corrected chi connectivity index (χ3v) is 3.41. The molecule has 23 heavy (non-hydrogen) atoms. The van der Waals surface area contributed by atoms with Gasteiger partial charge in [0.25, 0.3) is 5.91 Å². The molecule has 1 aromatic carbocycles. The molecule has 0 radical (unpaired) electrons. The van der Waals surface area contributed by atoms with E-state index in [1.807, 2.05) is 39.8 Å². The normalized spacial score (nSPS) is 11.2. The summed E-state index contributed by atoms with van der Waals surface area (Å²) >= 11 is 6.08. The lowest BCUT2D eigenvalue weighted by Gasteiger charge is -2.21. The number of nitrogens with zero attached hydrogens (tertiary/aromatic N) is 2. The Morgan fingerprint density at radius 2 is 1.83 bits per heavy atom. The fourth-order valence-corrected chi connectivity index (χ4v) is 2.18. The Kier molecular flexibility index (Phi) is 4.90. The first kappa shape index (κ1) is 17.2. The molecule has 6 heteroatoms. The molecule has 1 amide bonds. The monoisotopic (exact) mass is 332 g/mol. The Bertz CT molecular complexity index is 738. The third kappa shape index (κ3) is 4.93. The molecule has 0 fully saturated rings. The van der Waals surface area contributed by atoms with Gasteiger partial charge in [-0.15, -0.1) is 0 Å². The summed E-state index contributed by atoms with van der Waals surface area (Å²) in [4.78, 5) is 20.9. The molecule has 0 aliphatic rings. The molecule has 0 aliphatic heterocycles. The molecule has 1 heterocycles. The van der Waals surface area contributed by atoms with Crippen LogP contribution in [0.4, 0.5) is 11.5 Å². The van der Waals surface area contributed by atoms with E-state index >= 15 is 0 Å². The summed E-state index contributed by atoms with van der Waals surface area (Å²) in [6.07, 6.45) is 0. The van der Waals surface area contributed by atoms with Gasteiger partial charge in [0.05, 0.1) is 0 Å². The molecule has 2 rings (SSSR count). The van der Waals surface area contributed by atoms with Crippen LogP contribution in [0.3, 0.4) is 0 Å². The Hall–Kier alpha value is -2.14. The first-order chi connectivity index (χ1) is 10.6. The third-order valence-electron chi connectivity index (χ3n) is 3.00. The van der Waals surface area contributed by atoms with Gasteiger partial charge < -0.3 is 10.6 Å². The number of carbonyl (C=O) groups is 1. The first-order valence-electron chi connectivity index (χ1n) is 7.35. The molecule has 0 saturated heterocycles. The lowest BCUT2D eigenvalue weighted by atomic mass is 10.1. The van der Waals surface area contributed by atoms with Crippen LogP contribution in [0.25, 0.3) is 0 Å². The number of nitrogens with one attached hydrogen (secondary N) is 2. The van der Waals surface area contributed by atoms with Gasteiger partial charge in [-0.25, -0.2) is 9.97 Å². The van der Waals surface area contributed by atoms with Crippen LogP contribution in [0, 0.1) is 13.8 Å². The van der Waals surface area contributed by atoms with Gasteiger partial charge in [0.15, 0.2) is 0 Å². The van der Waals surface area contributed by atoms with Crippen LogP contribution >= 0.6 is 11.6 Å². The number of halogens is 1. The van der Waals surface area contributed by atoms with E-state index in [1.54, 1.807) is 19.1 Å². The summed E-state index contributed by atoms with van der Waals surface area (Å²) in [5.41, 5.74) is 1.74. The van der Waals surface area contributed by atoms with Crippen LogP contribution < -0.4 is 10.6 Å². The summed E-state index contributed by atoms with van der Waals surface area (Å²) < 4.78 is 0. The number of aromatic nitrogens is 2. The Morgan fingerprint density at radius 3 is 2.43 bits per heavy atom. The Balaban J connectivity index is 2.23. The standard InChI is InChI=1S/C17H21ClN4O/c1-10-6-7-12(8-13(10)18)21-16(23)14-9-15(20-11(2)19-14)22-17(3,4)5/h6-9H,1-5H3,(H,21,23)(H,19,20,22). The van der Waals surface area contributed by atoms with Crippen molar-refractivity contribution in [2.45, 2.75) is 40.2 Å².